The Bertz CT molecular complexity index is 681. The molecule has 3 heterocycles. The second kappa shape index (κ2) is 6.00. The Morgan fingerprint density at radius 2 is 2.30 bits per heavy atom. The van der Waals surface area contributed by atoms with Crippen LogP contribution in [0.2, 0.25) is 0 Å². The van der Waals surface area contributed by atoms with Crippen LogP contribution in [0.1, 0.15) is 28.2 Å². The van der Waals surface area contributed by atoms with Gasteiger partial charge in [0, 0.05) is 25.8 Å². The molecule has 0 aliphatic carbocycles. The van der Waals surface area contributed by atoms with Gasteiger partial charge in [0.2, 0.25) is 0 Å². The summed E-state index contributed by atoms with van der Waals surface area (Å²) in [5.74, 6) is 1.04. The molecule has 0 saturated carbocycles. The van der Waals surface area contributed by atoms with Crippen LogP contribution in [0, 0.1) is 13.8 Å². The first-order valence-electron chi connectivity index (χ1n) is 7.58. The first-order valence-corrected chi connectivity index (χ1v) is 7.58. The molecule has 1 fully saturated rings. The van der Waals surface area contributed by atoms with E-state index in [1.807, 2.05) is 23.1 Å². The molecule has 0 radical (unpaired) electrons. The highest BCUT2D eigenvalue weighted by molar-refractivity contribution is 5.96. The number of β-amino-alcohol motifs (C(OH)–C–C–N with tert-alkyl or cyclic N) is 1. The summed E-state index contributed by atoms with van der Waals surface area (Å²) in [6.07, 6.45) is 2.30. The number of rotatable bonds is 4. The van der Waals surface area contributed by atoms with Crippen molar-refractivity contribution in [3.05, 3.63) is 41.4 Å². The van der Waals surface area contributed by atoms with E-state index >= 15 is 0 Å². The van der Waals surface area contributed by atoms with Gasteiger partial charge in [0.05, 0.1) is 5.69 Å². The highest BCUT2D eigenvalue weighted by Gasteiger charge is 2.37. The molecular formula is C16H20N4O3. The summed E-state index contributed by atoms with van der Waals surface area (Å²) in [7, 11) is 0. The number of hydrogen-bond donors (Lipinski definition) is 2. The maximum Gasteiger partial charge on any atom is 0.256 e. The molecule has 2 aromatic rings. The molecule has 23 heavy (non-hydrogen) atoms. The minimum absolute atomic E-state index is 0.180. The Kier molecular flexibility index (Phi) is 4.04. The van der Waals surface area contributed by atoms with Crippen molar-refractivity contribution in [1.29, 1.82) is 0 Å². The van der Waals surface area contributed by atoms with E-state index in [9.17, 15) is 9.90 Å². The number of aryl methyl sites for hydroxylation is 2. The second-order valence-corrected chi connectivity index (χ2v) is 5.97. The van der Waals surface area contributed by atoms with Gasteiger partial charge < -0.3 is 19.8 Å². The summed E-state index contributed by atoms with van der Waals surface area (Å²) in [6.45, 7) is 4.74. The smallest absolute Gasteiger partial charge is 0.256 e. The number of nitrogens with one attached hydrogen (secondary N) is 1. The topological polar surface area (TPSA) is 91.5 Å². The molecule has 2 N–H and O–H groups in total. The molecule has 7 heteroatoms. The fourth-order valence-electron chi connectivity index (χ4n) is 2.88. The van der Waals surface area contributed by atoms with Crippen LogP contribution in [0.5, 0.6) is 0 Å². The minimum atomic E-state index is -0.966. The zero-order valence-electron chi connectivity index (χ0n) is 13.2. The predicted octanol–water partition coefficient (Wildman–Crippen LogP) is 1.06. The van der Waals surface area contributed by atoms with Gasteiger partial charge in [-0.25, -0.2) is 4.98 Å². The number of carbonyl (C=O) groups excluding carboxylic acids is 1. The molecule has 2 aromatic heterocycles. The third-order valence-corrected chi connectivity index (χ3v) is 4.14. The van der Waals surface area contributed by atoms with Gasteiger partial charge in [0.25, 0.3) is 5.91 Å². The van der Waals surface area contributed by atoms with Gasteiger partial charge >= 0.3 is 0 Å². The molecule has 1 amide bonds. The van der Waals surface area contributed by atoms with Crippen LogP contribution in [0.25, 0.3) is 0 Å². The predicted molar refractivity (Wildman–Crippen MR) is 84.3 cm³/mol. The van der Waals surface area contributed by atoms with Gasteiger partial charge in [-0.2, -0.15) is 0 Å². The summed E-state index contributed by atoms with van der Waals surface area (Å²) < 4.78 is 5.00. The van der Waals surface area contributed by atoms with Crippen molar-refractivity contribution >= 4 is 11.7 Å². The van der Waals surface area contributed by atoms with Gasteiger partial charge in [-0.1, -0.05) is 11.2 Å². The van der Waals surface area contributed by atoms with Crippen molar-refractivity contribution in [2.45, 2.75) is 25.9 Å². The Morgan fingerprint density at radius 1 is 1.48 bits per heavy atom. The number of hydrogen-bond acceptors (Lipinski definition) is 6. The first-order chi connectivity index (χ1) is 11.0. The van der Waals surface area contributed by atoms with Crippen LogP contribution in [0.3, 0.4) is 0 Å². The first kappa shape index (κ1) is 15.5. The maximum atomic E-state index is 12.2. The van der Waals surface area contributed by atoms with Crippen LogP contribution in [0.15, 0.2) is 28.9 Å². The van der Waals surface area contributed by atoms with Crippen molar-refractivity contribution in [2.24, 2.45) is 0 Å². The van der Waals surface area contributed by atoms with Gasteiger partial charge in [-0.3, -0.25) is 4.79 Å². The summed E-state index contributed by atoms with van der Waals surface area (Å²) in [4.78, 5) is 18.6. The number of amides is 1. The molecule has 0 spiro atoms. The average molecular weight is 316 g/mol. The van der Waals surface area contributed by atoms with Crippen LogP contribution >= 0.6 is 0 Å². The highest BCUT2D eigenvalue weighted by Crippen LogP contribution is 2.25. The lowest BCUT2D eigenvalue weighted by molar-refractivity contribution is 0.0575. The van der Waals surface area contributed by atoms with E-state index < -0.39 is 5.60 Å². The van der Waals surface area contributed by atoms with E-state index in [1.165, 1.54) is 0 Å². The summed E-state index contributed by atoms with van der Waals surface area (Å²) in [5.41, 5.74) is 0.0216. The number of pyridine rings is 1. The largest absolute Gasteiger partial charge is 0.386 e. The fourth-order valence-corrected chi connectivity index (χ4v) is 2.88. The van der Waals surface area contributed by atoms with Crippen molar-refractivity contribution < 1.29 is 14.4 Å². The summed E-state index contributed by atoms with van der Waals surface area (Å²) in [5, 5.41) is 17.2. The zero-order valence-corrected chi connectivity index (χ0v) is 13.2. The van der Waals surface area contributed by atoms with E-state index in [0.29, 0.717) is 36.5 Å². The fraction of sp³-hybridized carbons (Fsp3) is 0.438. The normalized spacial score (nSPS) is 20.7. The van der Waals surface area contributed by atoms with E-state index in [2.05, 4.69) is 15.5 Å². The lowest BCUT2D eigenvalue weighted by Gasteiger charge is -2.24. The number of aromatic nitrogens is 2. The van der Waals surface area contributed by atoms with E-state index in [0.717, 1.165) is 5.82 Å². The van der Waals surface area contributed by atoms with Crippen molar-refractivity contribution in [3.63, 3.8) is 0 Å². The van der Waals surface area contributed by atoms with Crippen molar-refractivity contribution in [3.8, 4) is 0 Å². The second-order valence-electron chi connectivity index (χ2n) is 5.97. The number of nitrogens with zero attached hydrogens (tertiary/aromatic N) is 3. The number of anilines is 1. The van der Waals surface area contributed by atoms with Gasteiger partial charge in [0.15, 0.2) is 0 Å². The molecule has 7 nitrogen and oxygen atoms in total. The van der Waals surface area contributed by atoms with Gasteiger partial charge in [-0.05, 0) is 32.4 Å². The van der Waals surface area contributed by atoms with E-state index in [-0.39, 0.29) is 12.5 Å². The molecule has 122 valence electrons. The average Bonchev–Trinajstić information content (AvgIpc) is 3.10. The lowest BCUT2D eigenvalue weighted by Crippen LogP contribution is -2.45. The molecule has 0 bridgehead atoms. The Hall–Kier alpha value is -2.41. The number of aliphatic hydroxyl groups is 1. The Labute approximate surface area is 134 Å². The molecule has 3 rings (SSSR count). The van der Waals surface area contributed by atoms with Crippen LogP contribution < -0.4 is 10.2 Å². The molecule has 1 aliphatic heterocycles. The van der Waals surface area contributed by atoms with Gasteiger partial charge in [0.1, 0.15) is 22.7 Å². The zero-order chi connectivity index (χ0) is 16.4. The summed E-state index contributed by atoms with van der Waals surface area (Å²) >= 11 is 0. The van der Waals surface area contributed by atoms with Gasteiger partial charge in [-0.15, -0.1) is 0 Å². The Morgan fingerprint density at radius 3 is 2.96 bits per heavy atom. The van der Waals surface area contributed by atoms with Crippen LogP contribution in [-0.2, 0) is 0 Å². The minimum Gasteiger partial charge on any atom is -0.386 e. The van der Waals surface area contributed by atoms with Crippen molar-refractivity contribution in [2.75, 3.05) is 24.5 Å². The van der Waals surface area contributed by atoms with E-state index in [1.54, 1.807) is 20.0 Å². The third-order valence-electron chi connectivity index (χ3n) is 4.14. The Balaban J connectivity index is 1.61. The molecular weight excluding hydrogens is 296 g/mol. The number of carbonyl (C=O) groups is 1. The van der Waals surface area contributed by atoms with E-state index in [4.69, 9.17) is 4.52 Å². The molecule has 0 aromatic carbocycles. The SMILES string of the molecule is Cc1noc(C)c1C(=O)NC[C@@]1(O)CCN(c2ccccn2)C1. The van der Waals surface area contributed by atoms with Crippen molar-refractivity contribution in [1.82, 2.24) is 15.5 Å². The lowest BCUT2D eigenvalue weighted by atomic mass is 10.0. The van der Waals surface area contributed by atoms with Crippen LogP contribution in [0.4, 0.5) is 5.82 Å². The monoisotopic (exact) mass is 316 g/mol. The highest BCUT2D eigenvalue weighted by atomic mass is 16.5. The quantitative estimate of drug-likeness (QED) is 0.876. The molecule has 1 saturated heterocycles. The molecule has 0 unspecified atom stereocenters. The molecule has 1 atom stereocenters. The summed E-state index contributed by atoms with van der Waals surface area (Å²) in [6, 6.07) is 5.68. The third kappa shape index (κ3) is 3.19. The standard InChI is InChI=1S/C16H20N4O3/c1-11-14(12(2)23-19-11)15(21)18-9-16(22)6-8-20(10-16)13-5-3-4-7-17-13/h3-5,7,22H,6,8-10H2,1-2H3,(H,18,21)/t16-/m0/s1. The maximum absolute atomic E-state index is 12.2. The van der Waals surface area contributed by atoms with Crippen LogP contribution in [-0.4, -0.2) is 46.4 Å². The molecule has 1 aliphatic rings.